The lowest BCUT2D eigenvalue weighted by Gasteiger charge is -2.48. The van der Waals surface area contributed by atoms with Crippen molar-refractivity contribution in [3.8, 4) is 33.4 Å². The van der Waals surface area contributed by atoms with Crippen LogP contribution in [0.4, 0.5) is 0 Å². The minimum absolute atomic E-state index is 0.444. The van der Waals surface area contributed by atoms with Gasteiger partial charge in [-0.1, -0.05) is 170 Å². The minimum Gasteiger partial charge on any atom is -0.455 e. The SMILES string of the molecule is c1ccc(C23c4ccccc4-c4cccc(c42)C2(c4ccccc4-c4ccc(-c5cccc6c5oc5ccccc56)cc42)c2ccccc23)cc1. The molecule has 1 aromatic heterocycles. The van der Waals surface area contributed by atoms with Gasteiger partial charge in [-0.15, -0.1) is 0 Å². The van der Waals surface area contributed by atoms with Gasteiger partial charge in [0.25, 0.3) is 0 Å². The Hall–Kier alpha value is -6.44. The largest absolute Gasteiger partial charge is 0.455 e. The molecule has 0 radical (unpaired) electrons. The van der Waals surface area contributed by atoms with E-state index in [2.05, 4.69) is 176 Å². The number of benzene rings is 8. The third-order valence-electron chi connectivity index (χ3n) is 12.2. The monoisotopic (exact) mass is 646 g/mol. The first-order chi connectivity index (χ1) is 25.3. The van der Waals surface area contributed by atoms with Crippen LogP contribution in [0.25, 0.3) is 55.3 Å². The van der Waals surface area contributed by atoms with Crippen LogP contribution in [0.1, 0.15) is 44.5 Å². The molecule has 9 aromatic rings. The molecule has 0 bridgehead atoms. The summed E-state index contributed by atoms with van der Waals surface area (Å²) in [7, 11) is 0. The summed E-state index contributed by atoms with van der Waals surface area (Å²) in [4.78, 5) is 0. The predicted octanol–water partition coefficient (Wildman–Crippen LogP) is 12.3. The molecule has 3 aliphatic rings. The smallest absolute Gasteiger partial charge is 0.143 e. The molecule has 0 N–H and O–H groups in total. The zero-order valence-electron chi connectivity index (χ0n) is 27.7. The Labute approximate surface area is 296 Å². The molecule has 1 spiro atoms. The molecule has 236 valence electrons. The maximum absolute atomic E-state index is 6.60. The molecule has 1 heteroatoms. The Morgan fingerprint density at radius 3 is 1.71 bits per heavy atom. The number of rotatable bonds is 2. The van der Waals surface area contributed by atoms with Gasteiger partial charge < -0.3 is 4.42 Å². The van der Waals surface area contributed by atoms with Crippen molar-refractivity contribution in [2.45, 2.75) is 10.8 Å². The zero-order valence-corrected chi connectivity index (χ0v) is 27.7. The number of hydrogen-bond acceptors (Lipinski definition) is 1. The van der Waals surface area contributed by atoms with E-state index in [1.165, 1.54) is 72.3 Å². The van der Waals surface area contributed by atoms with Crippen molar-refractivity contribution in [2.24, 2.45) is 0 Å². The van der Waals surface area contributed by atoms with Crippen LogP contribution >= 0.6 is 0 Å². The maximum Gasteiger partial charge on any atom is 0.143 e. The second-order valence-corrected chi connectivity index (χ2v) is 14.3. The molecule has 1 heterocycles. The number of furan rings is 1. The van der Waals surface area contributed by atoms with Crippen molar-refractivity contribution in [3.63, 3.8) is 0 Å². The van der Waals surface area contributed by atoms with Gasteiger partial charge in [0.2, 0.25) is 0 Å². The molecular weight excluding hydrogens is 617 g/mol. The van der Waals surface area contributed by atoms with Crippen LogP contribution in [0.2, 0.25) is 0 Å². The first kappa shape index (κ1) is 27.4. The summed E-state index contributed by atoms with van der Waals surface area (Å²) in [6.45, 7) is 0. The molecule has 3 aliphatic carbocycles. The van der Waals surface area contributed by atoms with Gasteiger partial charge in [-0.2, -0.15) is 0 Å². The Bertz CT molecular complexity index is 2930. The number of hydrogen-bond donors (Lipinski definition) is 0. The Morgan fingerprint density at radius 1 is 0.333 bits per heavy atom. The summed E-state index contributed by atoms with van der Waals surface area (Å²) in [6.07, 6.45) is 0. The molecule has 0 saturated carbocycles. The van der Waals surface area contributed by atoms with E-state index in [4.69, 9.17) is 4.42 Å². The summed E-state index contributed by atoms with van der Waals surface area (Å²) in [5.74, 6) is 0. The van der Waals surface area contributed by atoms with Gasteiger partial charge in [-0.05, 0) is 84.5 Å². The van der Waals surface area contributed by atoms with Gasteiger partial charge in [0, 0.05) is 16.3 Å². The van der Waals surface area contributed by atoms with Gasteiger partial charge >= 0.3 is 0 Å². The molecular formula is C50H30O. The minimum atomic E-state index is -0.522. The fourth-order valence-corrected chi connectivity index (χ4v) is 10.4. The molecule has 51 heavy (non-hydrogen) atoms. The molecule has 0 fully saturated rings. The molecule has 2 unspecified atom stereocenters. The summed E-state index contributed by atoms with van der Waals surface area (Å²) in [5, 5.41) is 2.30. The standard InChI is InChI=1S/C50H30O/c1-2-14-32(15-3-1)49-40-22-7-5-17-35(40)38-20-13-26-44(47(38)49)50(43-25-10-9-24-42(43)49)41-23-8-4-16-34(41)36-29-28-31(30-45(36)50)33-19-12-21-39-37-18-6-11-27-46(37)51-48(33)39/h1-30H. The lowest BCUT2D eigenvalue weighted by atomic mass is 9.52. The average Bonchev–Trinajstić information content (AvgIpc) is 3.83. The second kappa shape index (κ2) is 9.62. The van der Waals surface area contributed by atoms with E-state index >= 15 is 0 Å². The summed E-state index contributed by atoms with van der Waals surface area (Å²) in [5.41, 5.74) is 19.2. The molecule has 0 aliphatic heterocycles. The van der Waals surface area contributed by atoms with Crippen LogP contribution < -0.4 is 0 Å². The van der Waals surface area contributed by atoms with Crippen LogP contribution in [0, 0.1) is 0 Å². The molecule has 0 amide bonds. The Kier molecular flexibility index (Phi) is 5.17. The van der Waals surface area contributed by atoms with Gasteiger partial charge in [0.1, 0.15) is 11.2 Å². The highest BCUT2D eigenvalue weighted by Crippen LogP contribution is 2.68. The Balaban J connectivity index is 1.24. The van der Waals surface area contributed by atoms with E-state index in [0.717, 1.165) is 27.5 Å². The van der Waals surface area contributed by atoms with E-state index in [9.17, 15) is 0 Å². The topological polar surface area (TPSA) is 13.1 Å². The third kappa shape index (κ3) is 3.15. The lowest BCUT2D eigenvalue weighted by Crippen LogP contribution is -2.43. The predicted molar refractivity (Wildman–Crippen MR) is 207 cm³/mol. The van der Waals surface area contributed by atoms with E-state index in [1.807, 2.05) is 6.07 Å². The molecule has 12 rings (SSSR count). The van der Waals surface area contributed by atoms with Crippen LogP contribution in [-0.4, -0.2) is 0 Å². The lowest BCUT2D eigenvalue weighted by molar-refractivity contribution is 0.636. The number of para-hydroxylation sites is 2. The van der Waals surface area contributed by atoms with Crippen LogP contribution in [-0.2, 0) is 10.8 Å². The van der Waals surface area contributed by atoms with Crippen molar-refractivity contribution in [1.82, 2.24) is 0 Å². The first-order valence-corrected chi connectivity index (χ1v) is 17.9. The summed E-state index contributed by atoms with van der Waals surface area (Å²) < 4.78 is 6.60. The van der Waals surface area contributed by atoms with Gasteiger partial charge in [-0.25, -0.2) is 0 Å². The average molecular weight is 647 g/mol. The zero-order chi connectivity index (χ0) is 33.3. The van der Waals surface area contributed by atoms with Gasteiger partial charge in [0.15, 0.2) is 0 Å². The van der Waals surface area contributed by atoms with Crippen molar-refractivity contribution in [1.29, 1.82) is 0 Å². The van der Waals surface area contributed by atoms with Crippen LogP contribution in [0.3, 0.4) is 0 Å². The highest BCUT2D eigenvalue weighted by atomic mass is 16.3. The van der Waals surface area contributed by atoms with Crippen molar-refractivity contribution >= 4 is 21.9 Å². The van der Waals surface area contributed by atoms with E-state index < -0.39 is 10.8 Å². The maximum atomic E-state index is 6.60. The van der Waals surface area contributed by atoms with Gasteiger partial charge in [-0.3, -0.25) is 0 Å². The molecule has 1 nitrogen and oxygen atoms in total. The fraction of sp³-hybridized carbons (Fsp3) is 0.0400. The second-order valence-electron chi connectivity index (χ2n) is 14.3. The van der Waals surface area contributed by atoms with Gasteiger partial charge in [0.05, 0.1) is 10.8 Å². The first-order valence-electron chi connectivity index (χ1n) is 17.9. The molecule has 2 atom stereocenters. The summed E-state index contributed by atoms with van der Waals surface area (Å²) in [6, 6.07) is 67.9. The normalized spacial score (nSPS) is 18.7. The van der Waals surface area contributed by atoms with Crippen LogP contribution in [0.15, 0.2) is 186 Å². The highest BCUT2D eigenvalue weighted by molar-refractivity contribution is 6.10. The Morgan fingerprint density at radius 2 is 0.882 bits per heavy atom. The van der Waals surface area contributed by atoms with E-state index in [0.29, 0.717) is 0 Å². The third-order valence-corrected chi connectivity index (χ3v) is 12.2. The quantitative estimate of drug-likeness (QED) is 0.182. The molecule has 8 aromatic carbocycles. The highest BCUT2D eigenvalue weighted by Gasteiger charge is 2.59. The molecule has 0 saturated heterocycles. The van der Waals surface area contributed by atoms with Crippen LogP contribution in [0.5, 0.6) is 0 Å². The van der Waals surface area contributed by atoms with E-state index in [-0.39, 0.29) is 0 Å². The van der Waals surface area contributed by atoms with E-state index in [1.54, 1.807) is 0 Å². The fourth-order valence-electron chi connectivity index (χ4n) is 10.4. The van der Waals surface area contributed by atoms with Crippen molar-refractivity contribution in [3.05, 3.63) is 226 Å². The summed E-state index contributed by atoms with van der Waals surface area (Å²) >= 11 is 0. The number of fused-ring (bicyclic) bond motifs is 15. The van der Waals surface area contributed by atoms with Crippen molar-refractivity contribution in [2.75, 3.05) is 0 Å². The van der Waals surface area contributed by atoms with Crippen molar-refractivity contribution < 1.29 is 4.42 Å².